The quantitative estimate of drug-likeness (QED) is 0.296. The Kier molecular flexibility index (Phi) is 14.1. The zero-order valence-corrected chi connectivity index (χ0v) is 13.2. The number of rotatable bonds is 13. The molecule has 0 fully saturated rings. The van der Waals surface area contributed by atoms with Crippen molar-refractivity contribution in [1.29, 1.82) is 0 Å². The first kappa shape index (κ1) is 19.7. The molecule has 3 heteroatoms. The molecule has 0 aliphatic carbocycles. The molecule has 1 unspecified atom stereocenters. The summed E-state index contributed by atoms with van der Waals surface area (Å²) in [5, 5.41) is 18.1. The molecule has 0 aromatic heterocycles. The highest BCUT2D eigenvalue weighted by Crippen LogP contribution is 2.07. The zero-order valence-electron chi connectivity index (χ0n) is 13.2. The molecule has 0 aromatic carbocycles. The second-order valence-corrected chi connectivity index (χ2v) is 5.20. The first-order valence-electron chi connectivity index (χ1n) is 8.05. The van der Waals surface area contributed by atoms with Gasteiger partial charge in [0.25, 0.3) is 0 Å². The van der Waals surface area contributed by atoms with Crippen molar-refractivity contribution in [3.05, 3.63) is 36.5 Å². The van der Waals surface area contributed by atoms with Gasteiger partial charge in [0.05, 0.1) is 6.10 Å². The van der Waals surface area contributed by atoms with Crippen LogP contribution in [0.2, 0.25) is 0 Å². The number of aliphatic hydroxyl groups is 1. The van der Waals surface area contributed by atoms with E-state index in [1.54, 1.807) is 0 Å². The largest absolute Gasteiger partial charge is 0.481 e. The van der Waals surface area contributed by atoms with Gasteiger partial charge in [-0.25, -0.2) is 0 Å². The van der Waals surface area contributed by atoms with Crippen LogP contribution in [0.3, 0.4) is 0 Å². The maximum absolute atomic E-state index is 10.3. The molecule has 3 nitrogen and oxygen atoms in total. The van der Waals surface area contributed by atoms with Crippen molar-refractivity contribution >= 4 is 5.97 Å². The molecule has 0 saturated carbocycles. The number of aliphatic hydroxyl groups excluding tert-OH is 1. The third-order valence-corrected chi connectivity index (χ3v) is 3.12. The Hall–Kier alpha value is -1.35. The molecule has 0 saturated heterocycles. The third-order valence-electron chi connectivity index (χ3n) is 3.12. The van der Waals surface area contributed by atoms with E-state index in [4.69, 9.17) is 5.11 Å². The molecule has 21 heavy (non-hydrogen) atoms. The number of allylic oxidation sites excluding steroid dienone is 4. The van der Waals surface area contributed by atoms with E-state index >= 15 is 0 Å². The van der Waals surface area contributed by atoms with Crippen LogP contribution in [0.1, 0.15) is 64.7 Å². The predicted octanol–water partition coefficient (Wildman–Crippen LogP) is 4.63. The molecular weight excluding hydrogens is 266 g/mol. The van der Waals surface area contributed by atoms with Crippen LogP contribution in [-0.2, 0) is 4.79 Å². The second kappa shape index (κ2) is 15.0. The van der Waals surface area contributed by atoms with Crippen molar-refractivity contribution in [3.8, 4) is 0 Å². The predicted molar refractivity (Wildman–Crippen MR) is 88.3 cm³/mol. The van der Waals surface area contributed by atoms with Crippen LogP contribution in [0, 0.1) is 0 Å². The van der Waals surface area contributed by atoms with Crippen LogP contribution in [0.15, 0.2) is 36.5 Å². The van der Waals surface area contributed by atoms with Gasteiger partial charge in [-0.1, -0.05) is 62.6 Å². The van der Waals surface area contributed by atoms with Crippen molar-refractivity contribution in [2.45, 2.75) is 70.8 Å². The monoisotopic (exact) mass is 296 g/mol. The lowest BCUT2D eigenvalue weighted by atomic mass is 10.1. The van der Waals surface area contributed by atoms with Gasteiger partial charge in [0, 0.05) is 6.42 Å². The summed E-state index contributed by atoms with van der Waals surface area (Å²) in [6, 6.07) is 0. The van der Waals surface area contributed by atoms with E-state index in [-0.39, 0.29) is 0 Å². The number of hydrogen-bond donors (Lipinski definition) is 2. The van der Waals surface area contributed by atoms with Crippen molar-refractivity contribution in [3.63, 3.8) is 0 Å². The fraction of sp³-hybridized carbons (Fsp3) is 0.611. The molecule has 0 aromatic rings. The van der Waals surface area contributed by atoms with Crippen molar-refractivity contribution in [1.82, 2.24) is 0 Å². The fourth-order valence-electron chi connectivity index (χ4n) is 1.92. The molecule has 0 bridgehead atoms. The molecule has 1 atom stereocenters. The summed E-state index contributed by atoms with van der Waals surface area (Å²) < 4.78 is 0. The number of hydrogen-bond acceptors (Lipinski definition) is 2. The highest BCUT2D eigenvalue weighted by molar-refractivity contribution is 5.66. The van der Waals surface area contributed by atoms with Crippen LogP contribution in [0.4, 0.5) is 0 Å². The third kappa shape index (κ3) is 16.6. The molecule has 0 amide bonds. The number of carbonyl (C=O) groups is 1. The van der Waals surface area contributed by atoms with Crippen LogP contribution in [-0.4, -0.2) is 22.3 Å². The SMILES string of the molecule is CC/C=C\CC(O)/C=C/C=C\CCCCCCC[14C](=O)O. The maximum atomic E-state index is 10.3. The lowest BCUT2D eigenvalue weighted by Crippen LogP contribution is -1.98. The zero-order chi connectivity index (χ0) is 15.8. The molecule has 0 aliphatic heterocycles. The smallest absolute Gasteiger partial charge is 0.303 e. The molecule has 2 N–H and O–H groups in total. The summed E-state index contributed by atoms with van der Waals surface area (Å²) in [7, 11) is 0. The topological polar surface area (TPSA) is 57.5 Å². The van der Waals surface area contributed by atoms with Gasteiger partial charge in [0.2, 0.25) is 0 Å². The first-order chi connectivity index (χ1) is 10.2. The Balaban J connectivity index is 3.43. The Morgan fingerprint density at radius 3 is 2.43 bits per heavy atom. The standard InChI is InChI=1S/C18H30O3/c1-2-3-11-14-17(19)15-12-9-7-5-4-6-8-10-13-16-18(20)21/h3,7,9,11-12,15,17,19H,2,4-6,8,10,13-14,16H2,1H3,(H,20,21)/b9-7-,11-3-,15-12+/i18+2. The highest BCUT2D eigenvalue weighted by atomic mass is 16.6. The van der Waals surface area contributed by atoms with Crippen LogP contribution < -0.4 is 0 Å². The van der Waals surface area contributed by atoms with E-state index in [2.05, 4.69) is 19.1 Å². The first-order valence-corrected chi connectivity index (χ1v) is 8.05. The van der Waals surface area contributed by atoms with Crippen molar-refractivity contribution in [2.75, 3.05) is 0 Å². The van der Waals surface area contributed by atoms with Gasteiger partial charge in [-0.05, 0) is 32.1 Å². The van der Waals surface area contributed by atoms with Gasteiger partial charge in [0.15, 0.2) is 0 Å². The van der Waals surface area contributed by atoms with Crippen LogP contribution >= 0.6 is 0 Å². The number of carboxylic acids is 1. The Morgan fingerprint density at radius 2 is 1.71 bits per heavy atom. The molecule has 0 heterocycles. The number of carboxylic acid groups (broad SMARTS) is 1. The summed E-state index contributed by atoms with van der Waals surface area (Å²) in [5.74, 6) is -0.697. The summed E-state index contributed by atoms with van der Waals surface area (Å²) in [4.78, 5) is 10.3. The Labute approximate surface area is 129 Å². The van der Waals surface area contributed by atoms with E-state index in [1.807, 2.05) is 24.3 Å². The summed E-state index contributed by atoms with van der Waals surface area (Å²) in [5.41, 5.74) is 0. The van der Waals surface area contributed by atoms with Crippen LogP contribution in [0.5, 0.6) is 0 Å². The van der Waals surface area contributed by atoms with Gasteiger partial charge in [-0.2, -0.15) is 0 Å². The van der Waals surface area contributed by atoms with Gasteiger partial charge in [-0.15, -0.1) is 0 Å². The Bertz CT molecular complexity index is 329. The van der Waals surface area contributed by atoms with Crippen molar-refractivity contribution < 1.29 is 15.0 Å². The van der Waals surface area contributed by atoms with Gasteiger partial charge in [-0.3, -0.25) is 4.79 Å². The van der Waals surface area contributed by atoms with E-state index in [1.165, 1.54) is 0 Å². The van der Waals surface area contributed by atoms with Gasteiger partial charge >= 0.3 is 5.97 Å². The minimum atomic E-state index is -0.697. The number of aliphatic carboxylic acids is 1. The van der Waals surface area contributed by atoms with Crippen LogP contribution in [0.25, 0.3) is 0 Å². The van der Waals surface area contributed by atoms with Crippen molar-refractivity contribution in [2.24, 2.45) is 0 Å². The van der Waals surface area contributed by atoms with Gasteiger partial charge in [0.1, 0.15) is 0 Å². The Morgan fingerprint density at radius 1 is 1.00 bits per heavy atom. The normalized spacial score (nSPS) is 13.6. The summed E-state index contributed by atoms with van der Waals surface area (Å²) in [6.45, 7) is 2.08. The minimum Gasteiger partial charge on any atom is -0.481 e. The highest BCUT2D eigenvalue weighted by Gasteiger charge is 1.96. The number of unbranched alkanes of at least 4 members (excludes halogenated alkanes) is 5. The van der Waals surface area contributed by atoms with E-state index in [0.717, 1.165) is 44.9 Å². The van der Waals surface area contributed by atoms with E-state index in [9.17, 15) is 9.90 Å². The summed E-state index contributed by atoms with van der Waals surface area (Å²) >= 11 is 0. The van der Waals surface area contributed by atoms with E-state index in [0.29, 0.717) is 12.8 Å². The molecular formula is C18H30O3. The fourth-order valence-corrected chi connectivity index (χ4v) is 1.92. The molecule has 0 aliphatic rings. The average Bonchev–Trinajstić information content (AvgIpc) is 2.44. The molecule has 0 rings (SSSR count). The summed E-state index contributed by atoms with van der Waals surface area (Å²) in [6.07, 6.45) is 19.7. The average molecular weight is 296 g/mol. The lowest BCUT2D eigenvalue weighted by molar-refractivity contribution is -0.137. The maximum Gasteiger partial charge on any atom is 0.303 e. The minimum absolute atomic E-state index is 0.292. The van der Waals surface area contributed by atoms with Gasteiger partial charge < -0.3 is 10.2 Å². The second-order valence-electron chi connectivity index (χ2n) is 5.20. The lowest BCUT2D eigenvalue weighted by Gasteiger charge is -1.99. The molecule has 0 radical (unpaired) electrons. The molecule has 120 valence electrons. The van der Waals surface area contributed by atoms with E-state index < -0.39 is 12.1 Å². The molecule has 0 spiro atoms.